The van der Waals surface area contributed by atoms with Crippen LogP contribution in [0.1, 0.15) is 10.4 Å². The van der Waals surface area contributed by atoms with Crippen molar-refractivity contribution in [3.05, 3.63) is 52.5 Å². The van der Waals surface area contributed by atoms with Gasteiger partial charge >= 0.3 is 0 Å². The second kappa shape index (κ2) is 6.07. The minimum atomic E-state index is 0.686. The van der Waals surface area contributed by atoms with Crippen LogP contribution in [-0.4, -0.2) is 13.4 Å². The molecule has 4 heteroatoms. The Hall–Kier alpha value is -1.26. The molecule has 0 aromatic heterocycles. The lowest BCUT2D eigenvalue weighted by Crippen LogP contribution is -1.86. The van der Waals surface area contributed by atoms with Gasteiger partial charge < -0.3 is 4.74 Å². The second-order valence-electron chi connectivity index (χ2n) is 3.58. The van der Waals surface area contributed by atoms with Crippen molar-refractivity contribution in [1.29, 1.82) is 0 Å². The Bertz CT molecular complexity index is 569. The van der Waals surface area contributed by atoms with E-state index in [0.29, 0.717) is 5.56 Å². The van der Waals surface area contributed by atoms with E-state index in [1.807, 2.05) is 36.4 Å². The molecule has 0 aliphatic heterocycles. The highest BCUT2D eigenvalue weighted by molar-refractivity contribution is 9.10. The SMILES string of the molecule is COc1cccc(Sc2cc(Br)ccc2C=O)c1. The highest BCUT2D eigenvalue weighted by atomic mass is 79.9. The molecule has 2 aromatic carbocycles. The van der Waals surface area contributed by atoms with Crippen LogP contribution in [0.5, 0.6) is 5.75 Å². The van der Waals surface area contributed by atoms with Crippen molar-refractivity contribution in [3.63, 3.8) is 0 Å². The van der Waals surface area contributed by atoms with E-state index in [9.17, 15) is 4.79 Å². The molecule has 0 atom stereocenters. The summed E-state index contributed by atoms with van der Waals surface area (Å²) in [5.74, 6) is 0.808. The van der Waals surface area contributed by atoms with Crippen LogP contribution in [0.4, 0.5) is 0 Å². The van der Waals surface area contributed by atoms with Crippen LogP contribution in [0.3, 0.4) is 0 Å². The van der Waals surface area contributed by atoms with Gasteiger partial charge in [0.25, 0.3) is 0 Å². The molecular formula is C14H11BrO2S. The normalized spacial score (nSPS) is 10.1. The minimum Gasteiger partial charge on any atom is -0.497 e. The average molecular weight is 323 g/mol. The lowest BCUT2D eigenvalue weighted by Gasteiger charge is -2.07. The fourth-order valence-corrected chi connectivity index (χ4v) is 2.99. The molecule has 0 radical (unpaired) electrons. The molecule has 0 heterocycles. The maximum absolute atomic E-state index is 11.0. The van der Waals surface area contributed by atoms with Gasteiger partial charge in [0.15, 0.2) is 6.29 Å². The van der Waals surface area contributed by atoms with E-state index < -0.39 is 0 Å². The van der Waals surface area contributed by atoms with Gasteiger partial charge in [-0.2, -0.15) is 0 Å². The van der Waals surface area contributed by atoms with E-state index in [2.05, 4.69) is 15.9 Å². The molecule has 0 aliphatic carbocycles. The Kier molecular flexibility index (Phi) is 4.44. The Labute approximate surface area is 118 Å². The fourth-order valence-electron chi connectivity index (χ4n) is 1.49. The summed E-state index contributed by atoms with van der Waals surface area (Å²) in [6, 6.07) is 13.4. The molecule has 2 rings (SSSR count). The summed E-state index contributed by atoms with van der Waals surface area (Å²) in [6.45, 7) is 0. The quantitative estimate of drug-likeness (QED) is 0.779. The van der Waals surface area contributed by atoms with E-state index in [1.165, 1.54) is 0 Å². The van der Waals surface area contributed by atoms with Crippen LogP contribution in [0.2, 0.25) is 0 Å². The van der Waals surface area contributed by atoms with E-state index >= 15 is 0 Å². The summed E-state index contributed by atoms with van der Waals surface area (Å²) in [4.78, 5) is 13.0. The predicted molar refractivity (Wildman–Crippen MR) is 76.6 cm³/mol. The van der Waals surface area contributed by atoms with Crippen LogP contribution in [0.25, 0.3) is 0 Å². The zero-order valence-electron chi connectivity index (χ0n) is 9.72. The van der Waals surface area contributed by atoms with Crippen LogP contribution < -0.4 is 4.74 Å². The van der Waals surface area contributed by atoms with Gasteiger partial charge in [0, 0.05) is 19.8 Å². The Morgan fingerprint density at radius 2 is 2.06 bits per heavy atom. The maximum Gasteiger partial charge on any atom is 0.151 e. The summed E-state index contributed by atoms with van der Waals surface area (Å²) in [5.41, 5.74) is 0.686. The maximum atomic E-state index is 11.0. The molecule has 0 unspecified atom stereocenters. The smallest absolute Gasteiger partial charge is 0.151 e. The first-order valence-electron chi connectivity index (χ1n) is 5.29. The first-order chi connectivity index (χ1) is 8.72. The molecule has 0 amide bonds. The number of hydrogen-bond donors (Lipinski definition) is 0. The second-order valence-corrected chi connectivity index (χ2v) is 5.61. The zero-order valence-corrected chi connectivity index (χ0v) is 12.1. The molecule has 0 N–H and O–H groups in total. The summed E-state index contributed by atoms with van der Waals surface area (Å²) in [6.07, 6.45) is 0.870. The molecule has 18 heavy (non-hydrogen) atoms. The monoisotopic (exact) mass is 322 g/mol. The number of halogens is 1. The van der Waals surface area contributed by atoms with Crippen molar-refractivity contribution in [3.8, 4) is 5.75 Å². The number of carbonyl (C=O) groups is 1. The first-order valence-corrected chi connectivity index (χ1v) is 6.90. The number of ether oxygens (including phenoxy) is 1. The van der Waals surface area contributed by atoms with Crippen LogP contribution in [0.15, 0.2) is 56.7 Å². The van der Waals surface area contributed by atoms with E-state index in [-0.39, 0.29) is 0 Å². The minimum absolute atomic E-state index is 0.686. The molecule has 2 nitrogen and oxygen atoms in total. The third-order valence-corrected chi connectivity index (χ3v) is 3.93. The number of benzene rings is 2. The summed E-state index contributed by atoms with van der Waals surface area (Å²) in [5, 5.41) is 0. The Morgan fingerprint density at radius 1 is 1.22 bits per heavy atom. The van der Waals surface area contributed by atoms with E-state index in [4.69, 9.17) is 4.74 Å². The third kappa shape index (κ3) is 3.15. The Morgan fingerprint density at radius 3 is 2.78 bits per heavy atom. The van der Waals surface area contributed by atoms with Crippen LogP contribution in [-0.2, 0) is 0 Å². The topological polar surface area (TPSA) is 26.3 Å². The molecule has 0 fully saturated rings. The zero-order chi connectivity index (χ0) is 13.0. The summed E-state index contributed by atoms with van der Waals surface area (Å²) >= 11 is 4.95. The Balaban J connectivity index is 2.32. The third-order valence-electron chi connectivity index (χ3n) is 2.37. The molecule has 92 valence electrons. The molecule has 0 saturated carbocycles. The number of hydrogen-bond acceptors (Lipinski definition) is 3. The van der Waals surface area contributed by atoms with Gasteiger partial charge in [-0.05, 0) is 36.4 Å². The van der Waals surface area contributed by atoms with Gasteiger partial charge in [0.05, 0.1) is 7.11 Å². The highest BCUT2D eigenvalue weighted by Crippen LogP contribution is 2.33. The van der Waals surface area contributed by atoms with E-state index in [1.54, 1.807) is 24.9 Å². The number of methoxy groups -OCH3 is 1. The molecular weight excluding hydrogens is 312 g/mol. The average Bonchev–Trinajstić information content (AvgIpc) is 2.39. The predicted octanol–water partition coefficient (Wildman–Crippen LogP) is 4.42. The van der Waals surface area contributed by atoms with Crippen LogP contribution in [0, 0.1) is 0 Å². The molecule has 0 spiro atoms. The largest absolute Gasteiger partial charge is 0.497 e. The number of aldehydes is 1. The van der Waals surface area contributed by atoms with Crippen molar-refractivity contribution < 1.29 is 9.53 Å². The summed E-state index contributed by atoms with van der Waals surface area (Å²) in [7, 11) is 1.64. The van der Waals surface area contributed by atoms with Crippen molar-refractivity contribution in [2.24, 2.45) is 0 Å². The van der Waals surface area contributed by atoms with Crippen molar-refractivity contribution in [2.75, 3.05) is 7.11 Å². The fraction of sp³-hybridized carbons (Fsp3) is 0.0714. The van der Waals surface area contributed by atoms with Crippen molar-refractivity contribution in [2.45, 2.75) is 9.79 Å². The van der Waals surface area contributed by atoms with Crippen LogP contribution >= 0.6 is 27.7 Å². The van der Waals surface area contributed by atoms with Crippen molar-refractivity contribution >= 4 is 34.0 Å². The molecule has 0 aliphatic rings. The first kappa shape index (κ1) is 13.2. The van der Waals surface area contributed by atoms with Gasteiger partial charge in [0.1, 0.15) is 5.75 Å². The molecule has 0 saturated heterocycles. The molecule has 0 bridgehead atoms. The number of carbonyl (C=O) groups excluding carboxylic acids is 1. The van der Waals surface area contributed by atoms with E-state index in [0.717, 1.165) is 26.3 Å². The lowest BCUT2D eigenvalue weighted by atomic mass is 10.2. The standard InChI is InChI=1S/C14H11BrO2S/c1-17-12-3-2-4-13(8-12)18-14-7-11(15)6-5-10(14)9-16/h2-9H,1H3. The van der Waals surface area contributed by atoms with Gasteiger partial charge in [-0.3, -0.25) is 4.79 Å². The van der Waals surface area contributed by atoms with Gasteiger partial charge in [0.2, 0.25) is 0 Å². The highest BCUT2D eigenvalue weighted by Gasteiger charge is 2.05. The van der Waals surface area contributed by atoms with Crippen molar-refractivity contribution in [1.82, 2.24) is 0 Å². The summed E-state index contributed by atoms with van der Waals surface area (Å²) < 4.78 is 6.14. The lowest BCUT2D eigenvalue weighted by molar-refractivity contribution is 0.112. The van der Waals surface area contributed by atoms with Gasteiger partial charge in [-0.25, -0.2) is 0 Å². The number of rotatable bonds is 4. The molecule has 2 aromatic rings. The van der Waals surface area contributed by atoms with Gasteiger partial charge in [-0.15, -0.1) is 0 Å². The van der Waals surface area contributed by atoms with Gasteiger partial charge in [-0.1, -0.05) is 33.8 Å².